The van der Waals surface area contributed by atoms with Crippen LogP contribution in [0.15, 0.2) is 0 Å². The third kappa shape index (κ3) is 2.52. The third-order valence-electron chi connectivity index (χ3n) is 3.76. The molecule has 0 aromatic carbocycles. The summed E-state index contributed by atoms with van der Waals surface area (Å²) in [5, 5.41) is 18.1. The number of likely N-dealkylation sites (tertiary alicyclic amines) is 2. The minimum absolute atomic E-state index is 0.231. The van der Waals surface area contributed by atoms with E-state index in [1.165, 1.54) is 0 Å². The minimum Gasteiger partial charge on any atom is -0.480 e. The Morgan fingerprint density at radius 2 is 1.71 bits per heavy atom. The molecule has 0 saturated carbocycles. The SMILES string of the molecule is O=C(O)[C@H]1C[C@H](N2CCCC2)CCN1C(=O)O. The molecule has 6 nitrogen and oxygen atoms in total. The highest BCUT2D eigenvalue weighted by Gasteiger charge is 2.38. The van der Waals surface area contributed by atoms with Crippen LogP contribution in [0.3, 0.4) is 0 Å². The van der Waals surface area contributed by atoms with Crippen molar-refractivity contribution in [3.63, 3.8) is 0 Å². The van der Waals surface area contributed by atoms with Crippen LogP contribution in [0.2, 0.25) is 0 Å². The summed E-state index contributed by atoms with van der Waals surface area (Å²) in [5.41, 5.74) is 0. The van der Waals surface area contributed by atoms with Gasteiger partial charge >= 0.3 is 12.1 Å². The molecule has 96 valence electrons. The van der Waals surface area contributed by atoms with E-state index in [0.717, 1.165) is 37.3 Å². The Bertz CT molecular complexity index is 315. The van der Waals surface area contributed by atoms with E-state index in [9.17, 15) is 9.59 Å². The molecular weight excluding hydrogens is 224 g/mol. The molecule has 0 unspecified atom stereocenters. The van der Waals surface area contributed by atoms with Crippen LogP contribution in [-0.4, -0.2) is 63.8 Å². The summed E-state index contributed by atoms with van der Waals surface area (Å²) in [4.78, 5) is 25.4. The first-order chi connectivity index (χ1) is 8.09. The van der Waals surface area contributed by atoms with Crippen molar-refractivity contribution in [1.82, 2.24) is 9.80 Å². The van der Waals surface area contributed by atoms with Gasteiger partial charge in [0, 0.05) is 12.6 Å². The average molecular weight is 242 g/mol. The van der Waals surface area contributed by atoms with Crippen LogP contribution in [0, 0.1) is 0 Å². The number of carboxylic acid groups (broad SMARTS) is 2. The summed E-state index contributed by atoms with van der Waals surface area (Å²) in [6.07, 6.45) is 2.36. The van der Waals surface area contributed by atoms with E-state index in [0.29, 0.717) is 13.0 Å². The molecule has 0 spiro atoms. The molecule has 2 aliphatic rings. The maximum atomic E-state index is 11.1. The second kappa shape index (κ2) is 4.91. The lowest BCUT2D eigenvalue weighted by Gasteiger charge is -2.39. The van der Waals surface area contributed by atoms with Gasteiger partial charge < -0.3 is 15.1 Å². The zero-order valence-corrected chi connectivity index (χ0v) is 9.71. The van der Waals surface area contributed by atoms with Gasteiger partial charge in [-0.15, -0.1) is 0 Å². The van der Waals surface area contributed by atoms with Crippen LogP contribution < -0.4 is 0 Å². The minimum atomic E-state index is -1.13. The van der Waals surface area contributed by atoms with Crippen molar-refractivity contribution < 1.29 is 19.8 Å². The first-order valence-corrected chi connectivity index (χ1v) is 6.06. The van der Waals surface area contributed by atoms with Gasteiger partial charge in [-0.1, -0.05) is 0 Å². The van der Waals surface area contributed by atoms with E-state index in [2.05, 4.69) is 4.90 Å². The average Bonchev–Trinajstić information content (AvgIpc) is 2.81. The van der Waals surface area contributed by atoms with E-state index in [1.807, 2.05) is 0 Å². The number of nitrogens with zero attached hydrogens (tertiary/aromatic N) is 2. The quantitative estimate of drug-likeness (QED) is 0.744. The lowest BCUT2D eigenvalue weighted by Crippen LogP contribution is -2.54. The van der Waals surface area contributed by atoms with Crippen LogP contribution in [0.1, 0.15) is 25.7 Å². The zero-order valence-electron chi connectivity index (χ0n) is 9.71. The molecule has 2 N–H and O–H groups in total. The van der Waals surface area contributed by atoms with Crippen LogP contribution in [0.5, 0.6) is 0 Å². The van der Waals surface area contributed by atoms with Crippen LogP contribution >= 0.6 is 0 Å². The van der Waals surface area contributed by atoms with Crippen molar-refractivity contribution in [1.29, 1.82) is 0 Å². The van der Waals surface area contributed by atoms with E-state index in [4.69, 9.17) is 10.2 Å². The third-order valence-corrected chi connectivity index (χ3v) is 3.76. The van der Waals surface area contributed by atoms with Gasteiger partial charge in [-0.3, -0.25) is 4.90 Å². The fraction of sp³-hybridized carbons (Fsp3) is 0.818. The fourth-order valence-corrected chi connectivity index (χ4v) is 2.85. The van der Waals surface area contributed by atoms with E-state index >= 15 is 0 Å². The Balaban J connectivity index is 2.02. The zero-order chi connectivity index (χ0) is 12.4. The number of hydrogen-bond acceptors (Lipinski definition) is 3. The van der Waals surface area contributed by atoms with Crippen molar-refractivity contribution in [2.45, 2.75) is 37.8 Å². The van der Waals surface area contributed by atoms with Crippen molar-refractivity contribution in [2.75, 3.05) is 19.6 Å². The van der Waals surface area contributed by atoms with Crippen molar-refractivity contribution in [2.24, 2.45) is 0 Å². The lowest BCUT2D eigenvalue weighted by molar-refractivity contribution is -0.144. The molecule has 2 fully saturated rings. The second-order valence-electron chi connectivity index (χ2n) is 4.75. The molecule has 2 heterocycles. The summed E-state index contributed by atoms with van der Waals surface area (Å²) >= 11 is 0. The first kappa shape index (κ1) is 12.2. The highest BCUT2D eigenvalue weighted by Crippen LogP contribution is 2.25. The molecule has 2 aliphatic heterocycles. The number of carboxylic acids is 1. The maximum absolute atomic E-state index is 11.1. The number of hydrogen-bond donors (Lipinski definition) is 2. The van der Waals surface area contributed by atoms with Gasteiger partial charge in [0.05, 0.1) is 0 Å². The Kier molecular flexibility index (Phi) is 3.51. The summed E-state index contributed by atoms with van der Waals surface area (Å²) in [7, 11) is 0. The van der Waals surface area contributed by atoms with E-state index in [1.54, 1.807) is 0 Å². The monoisotopic (exact) mass is 242 g/mol. The molecule has 6 heteroatoms. The summed E-state index contributed by atoms with van der Waals surface area (Å²) in [6, 6.07) is -0.652. The van der Waals surface area contributed by atoms with Gasteiger partial charge in [0.1, 0.15) is 6.04 Å². The maximum Gasteiger partial charge on any atom is 0.408 e. The fourth-order valence-electron chi connectivity index (χ4n) is 2.85. The molecule has 0 aliphatic carbocycles. The van der Waals surface area contributed by atoms with E-state index < -0.39 is 18.1 Å². The second-order valence-corrected chi connectivity index (χ2v) is 4.75. The number of rotatable bonds is 2. The largest absolute Gasteiger partial charge is 0.480 e. The first-order valence-electron chi connectivity index (χ1n) is 6.06. The highest BCUT2D eigenvalue weighted by atomic mass is 16.4. The van der Waals surface area contributed by atoms with Crippen LogP contribution in [0.4, 0.5) is 4.79 Å². The van der Waals surface area contributed by atoms with Crippen LogP contribution in [-0.2, 0) is 4.79 Å². The normalized spacial score (nSPS) is 30.5. The van der Waals surface area contributed by atoms with E-state index in [-0.39, 0.29) is 6.04 Å². The van der Waals surface area contributed by atoms with Gasteiger partial charge in [0.25, 0.3) is 0 Å². The highest BCUT2D eigenvalue weighted by molar-refractivity contribution is 5.79. The number of carbonyl (C=O) groups is 2. The van der Waals surface area contributed by atoms with Gasteiger partial charge in [-0.2, -0.15) is 0 Å². The van der Waals surface area contributed by atoms with Crippen molar-refractivity contribution in [3.05, 3.63) is 0 Å². The van der Waals surface area contributed by atoms with Gasteiger partial charge in [-0.25, -0.2) is 9.59 Å². The molecule has 1 amide bonds. The Hall–Kier alpha value is -1.30. The lowest BCUT2D eigenvalue weighted by atomic mass is 9.96. The standard InChI is InChI=1S/C11H18N2O4/c14-10(15)9-7-8(12-4-1-2-5-12)3-6-13(9)11(16)17/h8-9H,1-7H2,(H,14,15)(H,16,17)/t8-,9-/m1/s1. The predicted molar refractivity (Wildman–Crippen MR) is 60.0 cm³/mol. The molecule has 17 heavy (non-hydrogen) atoms. The van der Waals surface area contributed by atoms with Crippen molar-refractivity contribution >= 4 is 12.1 Å². The van der Waals surface area contributed by atoms with Gasteiger partial charge in [0.2, 0.25) is 0 Å². The summed E-state index contributed by atoms with van der Waals surface area (Å²) in [6.45, 7) is 2.36. The summed E-state index contributed by atoms with van der Waals surface area (Å²) < 4.78 is 0. The molecule has 0 aromatic rings. The summed E-state index contributed by atoms with van der Waals surface area (Å²) in [5.74, 6) is -1.03. The molecular formula is C11H18N2O4. The predicted octanol–water partition coefficient (Wildman–Crippen LogP) is 0.678. The molecule has 2 saturated heterocycles. The number of aliphatic carboxylic acids is 1. The topological polar surface area (TPSA) is 81.1 Å². The Morgan fingerprint density at radius 3 is 2.24 bits per heavy atom. The molecule has 2 rings (SSSR count). The van der Waals surface area contributed by atoms with Crippen LogP contribution in [0.25, 0.3) is 0 Å². The Labute approximate surface area is 99.8 Å². The molecule has 0 aromatic heterocycles. The number of piperidine rings is 1. The Morgan fingerprint density at radius 1 is 1.06 bits per heavy atom. The number of amides is 1. The van der Waals surface area contributed by atoms with Crippen molar-refractivity contribution in [3.8, 4) is 0 Å². The molecule has 2 atom stereocenters. The molecule has 0 bridgehead atoms. The smallest absolute Gasteiger partial charge is 0.408 e. The van der Waals surface area contributed by atoms with Gasteiger partial charge in [0.15, 0.2) is 0 Å². The molecule has 0 radical (unpaired) electrons. The van der Waals surface area contributed by atoms with Gasteiger partial charge in [-0.05, 0) is 38.8 Å².